The van der Waals surface area contributed by atoms with Gasteiger partial charge in [-0.3, -0.25) is 9.69 Å². The topological polar surface area (TPSA) is 46.3 Å². The van der Waals surface area contributed by atoms with Gasteiger partial charge in [-0.15, -0.1) is 11.3 Å². The van der Waals surface area contributed by atoms with Crippen LogP contribution in [0.15, 0.2) is 41.8 Å². The van der Waals surface area contributed by atoms with E-state index in [9.17, 15) is 4.79 Å². The molecule has 0 saturated heterocycles. The number of benzene rings is 1. The Morgan fingerprint density at radius 3 is 2.79 bits per heavy atom. The third-order valence-electron chi connectivity index (χ3n) is 3.59. The lowest BCUT2D eigenvalue weighted by atomic mass is 10.0. The lowest BCUT2D eigenvalue weighted by molar-refractivity contribution is -0.123. The van der Waals surface area contributed by atoms with Crippen LogP contribution in [0.4, 0.5) is 0 Å². The molecule has 2 N–H and O–H groups in total. The Balaban J connectivity index is 1.89. The predicted octanol–water partition coefficient (Wildman–Crippen LogP) is 2.33. The Morgan fingerprint density at radius 1 is 1.26 bits per heavy atom. The van der Waals surface area contributed by atoms with Crippen LogP contribution < -0.4 is 5.73 Å². The summed E-state index contributed by atoms with van der Waals surface area (Å²) < 4.78 is 0. The first kappa shape index (κ1) is 12.4. The van der Waals surface area contributed by atoms with Gasteiger partial charge in [-0.25, -0.2) is 0 Å². The lowest BCUT2D eigenvalue weighted by Gasteiger charge is -2.32. The zero-order valence-corrected chi connectivity index (χ0v) is 11.4. The van der Waals surface area contributed by atoms with Crippen molar-refractivity contribution >= 4 is 17.2 Å². The van der Waals surface area contributed by atoms with Crippen LogP contribution >= 0.6 is 11.3 Å². The standard InChI is InChI=1S/C15H16N2OS/c16-15(18)14(11-4-2-1-3-5-11)17-8-6-13-12(10-17)7-9-19-13/h1-5,7,9,14H,6,8,10H2,(H2,16,18)/t14-/m0/s1. The van der Waals surface area contributed by atoms with Crippen LogP contribution in [0.2, 0.25) is 0 Å². The molecular weight excluding hydrogens is 256 g/mol. The van der Waals surface area contributed by atoms with Gasteiger partial charge in [-0.2, -0.15) is 0 Å². The molecule has 0 radical (unpaired) electrons. The molecular formula is C15H16N2OS. The zero-order chi connectivity index (χ0) is 13.2. The molecule has 19 heavy (non-hydrogen) atoms. The summed E-state index contributed by atoms with van der Waals surface area (Å²) in [6, 6.07) is 11.6. The SMILES string of the molecule is NC(=O)[C@H](c1ccccc1)N1CCc2sccc2C1. The summed E-state index contributed by atoms with van der Waals surface area (Å²) in [5.41, 5.74) is 7.93. The van der Waals surface area contributed by atoms with E-state index in [-0.39, 0.29) is 11.9 Å². The molecule has 3 rings (SSSR count). The largest absolute Gasteiger partial charge is 0.368 e. The molecule has 0 saturated carbocycles. The minimum absolute atomic E-state index is 0.273. The fourth-order valence-corrected chi connectivity index (χ4v) is 3.57. The number of hydrogen-bond donors (Lipinski definition) is 1. The maximum absolute atomic E-state index is 11.8. The smallest absolute Gasteiger partial charge is 0.239 e. The molecule has 1 atom stereocenters. The zero-order valence-electron chi connectivity index (χ0n) is 10.6. The number of carbonyl (C=O) groups excluding carboxylic acids is 1. The summed E-state index contributed by atoms with van der Waals surface area (Å²) in [6.45, 7) is 1.69. The van der Waals surface area contributed by atoms with E-state index in [0.717, 1.165) is 25.1 Å². The van der Waals surface area contributed by atoms with Gasteiger partial charge in [0.05, 0.1) is 0 Å². The molecule has 2 aromatic rings. The van der Waals surface area contributed by atoms with Crippen LogP contribution in [0.5, 0.6) is 0 Å². The Bertz CT molecular complexity index is 579. The highest BCUT2D eigenvalue weighted by Crippen LogP contribution is 2.30. The number of rotatable bonds is 3. The number of nitrogens with two attached hydrogens (primary N) is 1. The van der Waals surface area contributed by atoms with E-state index < -0.39 is 0 Å². The Labute approximate surface area is 116 Å². The van der Waals surface area contributed by atoms with Gasteiger partial charge in [-0.1, -0.05) is 30.3 Å². The van der Waals surface area contributed by atoms with Crippen molar-refractivity contribution in [2.24, 2.45) is 5.73 Å². The summed E-state index contributed by atoms with van der Waals surface area (Å²) >= 11 is 1.80. The van der Waals surface area contributed by atoms with Crippen LogP contribution in [0.3, 0.4) is 0 Å². The van der Waals surface area contributed by atoms with Crippen LogP contribution in [-0.4, -0.2) is 17.4 Å². The molecule has 1 aliphatic rings. The van der Waals surface area contributed by atoms with E-state index in [0.29, 0.717) is 0 Å². The number of primary amides is 1. The summed E-state index contributed by atoms with van der Waals surface area (Å²) in [6.07, 6.45) is 1.00. The molecule has 1 aromatic heterocycles. The third kappa shape index (κ3) is 2.41. The molecule has 3 nitrogen and oxygen atoms in total. The quantitative estimate of drug-likeness (QED) is 0.932. The molecule has 4 heteroatoms. The Hall–Kier alpha value is -1.65. The van der Waals surface area contributed by atoms with Crippen molar-refractivity contribution in [3.63, 3.8) is 0 Å². The van der Waals surface area contributed by atoms with E-state index in [1.165, 1.54) is 10.4 Å². The molecule has 0 aliphatic carbocycles. The van der Waals surface area contributed by atoms with Gasteiger partial charge in [0.25, 0.3) is 0 Å². The summed E-state index contributed by atoms with van der Waals surface area (Å²) in [5, 5.41) is 2.12. The van der Waals surface area contributed by atoms with Crippen molar-refractivity contribution in [2.75, 3.05) is 6.54 Å². The monoisotopic (exact) mass is 272 g/mol. The van der Waals surface area contributed by atoms with Crippen molar-refractivity contribution in [3.05, 3.63) is 57.8 Å². The maximum atomic E-state index is 11.8. The van der Waals surface area contributed by atoms with E-state index in [2.05, 4.69) is 16.3 Å². The van der Waals surface area contributed by atoms with Gasteiger partial charge in [0.15, 0.2) is 0 Å². The van der Waals surface area contributed by atoms with Crippen molar-refractivity contribution in [3.8, 4) is 0 Å². The fourth-order valence-electron chi connectivity index (χ4n) is 2.68. The van der Waals surface area contributed by atoms with Gasteiger partial charge < -0.3 is 5.73 Å². The summed E-state index contributed by atoms with van der Waals surface area (Å²) in [4.78, 5) is 15.4. The number of thiophene rings is 1. The van der Waals surface area contributed by atoms with E-state index in [1.807, 2.05) is 30.3 Å². The van der Waals surface area contributed by atoms with Gasteiger partial charge in [0, 0.05) is 18.0 Å². The second kappa shape index (κ2) is 5.15. The van der Waals surface area contributed by atoms with Gasteiger partial charge in [0.1, 0.15) is 6.04 Å². The van der Waals surface area contributed by atoms with E-state index >= 15 is 0 Å². The Morgan fingerprint density at radius 2 is 2.05 bits per heavy atom. The number of amides is 1. The summed E-state index contributed by atoms with van der Waals surface area (Å²) in [7, 11) is 0. The minimum Gasteiger partial charge on any atom is -0.368 e. The van der Waals surface area contributed by atoms with Gasteiger partial charge in [-0.05, 0) is 29.0 Å². The normalized spacial score (nSPS) is 16.8. The maximum Gasteiger partial charge on any atom is 0.239 e. The van der Waals surface area contributed by atoms with Crippen molar-refractivity contribution in [1.82, 2.24) is 4.90 Å². The fraction of sp³-hybridized carbons (Fsp3) is 0.267. The first-order chi connectivity index (χ1) is 9.25. The summed E-state index contributed by atoms with van der Waals surface area (Å²) in [5.74, 6) is -0.273. The van der Waals surface area contributed by atoms with Crippen molar-refractivity contribution in [1.29, 1.82) is 0 Å². The second-order valence-corrected chi connectivity index (χ2v) is 5.81. The molecule has 98 valence electrons. The number of carbonyl (C=O) groups is 1. The number of fused-ring (bicyclic) bond motifs is 1. The second-order valence-electron chi connectivity index (χ2n) is 4.81. The molecule has 0 fully saturated rings. The van der Waals surface area contributed by atoms with Crippen LogP contribution in [0.25, 0.3) is 0 Å². The molecule has 0 unspecified atom stereocenters. The molecule has 0 bridgehead atoms. The van der Waals surface area contributed by atoms with Gasteiger partial charge in [0.2, 0.25) is 5.91 Å². The first-order valence-corrected chi connectivity index (χ1v) is 7.27. The van der Waals surface area contributed by atoms with E-state index in [1.54, 1.807) is 11.3 Å². The third-order valence-corrected chi connectivity index (χ3v) is 4.61. The van der Waals surface area contributed by atoms with Gasteiger partial charge >= 0.3 is 0 Å². The van der Waals surface area contributed by atoms with Crippen LogP contribution in [0, 0.1) is 0 Å². The van der Waals surface area contributed by atoms with Crippen LogP contribution in [-0.2, 0) is 17.8 Å². The highest BCUT2D eigenvalue weighted by molar-refractivity contribution is 7.10. The highest BCUT2D eigenvalue weighted by atomic mass is 32.1. The van der Waals surface area contributed by atoms with Crippen molar-refractivity contribution in [2.45, 2.75) is 19.0 Å². The lowest BCUT2D eigenvalue weighted by Crippen LogP contribution is -2.40. The molecule has 1 amide bonds. The number of hydrogen-bond acceptors (Lipinski definition) is 3. The molecule has 1 aromatic carbocycles. The average molecular weight is 272 g/mol. The first-order valence-electron chi connectivity index (χ1n) is 6.39. The predicted molar refractivity (Wildman–Crippen MR) is 76.8 cm³/mol. The van der Waals surface area contributed by atoms with Crippen LogP contribution in [0.1, 0.15) is 22.0 Å². The number of nitrogens with zero attached hydrogens (tertiary/aromatic N) is 1. The average Bonchev–Trinajstić information content (AvgIpc) is 2.87. The molecule has 0 spiro atoms. The molecule has 1 aliphatic heterocycles. The van der Waals surface area contributed by atoms with E-state index in [4.69, 9.17) is 5.73 Å². The minimum atomic E-state index is -0.325. The van der Waals surface area contributed by atoms with Crippen molar-refractivity contribution < 1.29 is 4.79 Å². The molecule has 2 heterocycles. The highest BCUT2D eigenvalue weighted by Gasteiger charge is 2.28. The Kier molecular flexibility index (Phi) is 3.36.